The number of phenols is 1. The van der Waals surface area contributed by atoms with E-state index in [0.29, 0.717) is 0 Å². The maximum atomic E-state index is 9.13. The lowest BCUT2D eigenvalue weighted by atomic mass is 10.1. The van der Waals surface area contributed by atoms with E-state index in [1.54, 1.807) is 12.1 Å². The summed E-state index contributed by atoms with van der Waals surface area (Å²) < 4.78 is 0. The highest BCUT2D eigenvalue weighted by Crippen LogP contribution is 2.12. The van der Waals surface area contributed by atoms with Gasteiger partial charge >= 0.3 is 0 Å². The molecule has 0 atom stereocenters. The molecule has 3 heteroatoms. The van der Waals surface area contributed by atoms with E-state index in [9.17, 15) is 0 Å². The summed E-state index contributed by atoms with van der Waals surface area (Å²) in [5.74, 6) is 0.266. The van der Waals surface area contributed by atoms with Gasteiger partial charge in [0.2, 0.25) is 0 Å². The third-order valence-electron chi connectivity index (χ3n) is 1.89. The van der Waals surface area contributed by atoms with Crippen LogP contribution in [-0.2, 0) is 4.84 Å². The van der Waals surface area contributed by atoms with Crippen molar-refractivity contribution >= 4 is 5.71 Å². The predicted octanol–water partition coefficient (Wildman–Crippen LogP) is 2.54. The average Bonchev–Trinajstić information content (AvgIpc) is 2.19. The molecule has 0 spiro atoms. The maximum absolute atomic E-state index is 9.13. The van der Waals surface area contributed by atoms with Crippen LogP contribution < -0.4 is 0 Å². The van der Waals surface area contributed by atoms with Crippen molar-refractivity contribution in [3.05, 3.63) is 29.8 Å². The zero-order valence-corrected chi connectivity index (χ0v) is 8.53. The van der Waals surface area contributed by atoms with Gasteiger partial charge in [0.15, 0.2) is 0 Å². The van der Waals surface area contributed by atoms with Crippen LogP contribution in [0.2, 0.25) is 0 Å². The minimum absolute atomic E-state index is 0.266. The molecule has 1 aromatic carbocycles. The lowest BCUT2D eigenvalue weighted by Gasteiger charge is -2.04. The third-order valence-corrected chi connectivity index (χ3v) is 1.89. The van der Waals surface area contributed by atoms with Crippen molar-refractivity contribution in [1.29, 1.82) is 0 Å². The fourth-order valence-electron chi connectivity index (χ4n) is 1.24. The Morgan fingerprint density at radius 2 is 2.00 bits per heavy atom. The molecule has 0 aliphatic rings. The number of nitrogens with zero attached hydrogens (tertiary/aromatic N) is 1. The Hall–Kier alpha value is -1.51. The number of hydrogen-bond acceptors (Lipinski definition) is 3. The summed E-state index contributed by atoms with van der Waals surface area (Å²) in [7, 11) is 1.54. The Labute approximate surface area is 84.0 Å². The Morgan fingerprint density at radius 3 is 2.50 bits per heavy atom. The number of hydrogen-bond donors (Lipinski definition) is 1. The van der Waals surface area contributed by atoms with Crippen LogP contribution in [0, 0.1) is 0 Å². The molecule has 0 unspecified atom stereocenters. The molecule has 0 saturated carbocycles. The van der Waals surface area contributed by atoms with Crippen molar-refractivity contribution in [2.24, 2.45) is 5.16 Å². The largest absolute Gasteiger partial charge is 0.508 e. The Kier molecular flexibility index (Phi) is 3.98. The first-order valence-electron chi connectivity index (χ1n) is 4.67. The van der Waals surface area contributed by atoms with Crippen LogP contribution in [-0.4, -0.2) is 17.9 Å². The molecule has 0 aliphatic carbocycles. The number of rotatable bonds is 4. The summed E-state index contributed by atoms with van der Waals surface area (Å²) in [4.78, 5) is 4.77. The number of phenolic OH excluding ortho intramolecular Hbond substituents is 1. The number of aromatic hydroxyl groups is 1. The van der Waals surface area contributed by atoms with Crippen LogP contribution in [0.15, 0.2) is 29.4 Å². The van der Waals surface area contributed by atoms with Gasteiger partial charge in [0.1, 0.15) is 12.9 Å². The highest BCUT2D eigenvalue weighted by molar-refractivity contribution is 6.00. The van der Waals surface area contributed by atoms with Gasteiger partial charge in [-0.05, 0) is 36.2 Å². The van der Waals surface area contributed by atoms with Gasteiger partial charge in [0.25, 0.3) is 0 Å². The van der Waals surface area contributed by atoms with Crippen molar-refractivity contribution < 1.29 is 9.94 Å². The van der Waals surface area contributed by atoms with E-state index in [1.165, 1.54) is 7.11 Å². The maximum Gasteiger partial charge on any atom is 0.115 e. The second-order valence-electron chi connectivity index (χ2n) is 3.02. The summed E-state index contributed by atoms with van der Waals surface area (Å²) >= 11 is 0. The van der Waals surface area contributed by atoms with Crippen molar-refractivity contribution in [2.75, 3.05) is 7.11 Å². The lowest BCUT2D eigenvalue weighted by Crippen LogP contribution is -2.00. The van der Waals surface area contributed by atoms with Gasteiger partial charge in [0.05, 0.1) is 5.71 Å². The van der Waals surface area contributed by atoms with Gasteiger partial charge in [-0.25, -0.2) is 0 Å². The third kappa shape index (κ3) is 2.76. The molecule has 0 fully saturated rings. The molecule has 0 radical (unpaired) electrons. The molecule has 0 aromatic heterocycles. The fourth-order valence-corrected chi connectivity index (χ4v) is 1.24. The van der Waals surface area contributed by atoms with Crippen molar-refractivity contribution in [1.82, 2.24) is 0 Å². The highest BCUT2D eigenvalue weighted by atomic mass is 16.6. The number of benzene rings is 1. The second kappa shape index (κ2) is 5.27. The summed E-state index contributed by atoms with van der Waals surface area (Å²) in [6.45, 7) is 2.09. The van der Waals surface area contributed by atoms with Gasteiger partial charge in [-0.15, -0.1) is 0 Å². The van der Waals surface area contributed by atoms with Crippen molar-refractivity contribution in [3.63, 3.8) is 0 Å². The summed E-state index contributed by atoms with van der Waals surface area (Å²) in [6.07, 6.45) is 1.89. The van der Waals surface area contributed by atoms with Gasteiger partial charge in [0, 0.05) is 0 Å². The van der Waals surface area contributed by atoms with Gasteiger partial charge in [-0.2, -0.15) is 0 Å². The predicted molar refractivity (Wildman–Crippen MR) is 56.6 cm³/mol. The summed E-state index contributed by atoms with van der Waals surface area (Å²) in [6, 6.07) is 6.97. The molecular weight excluding hydrogens is 178 g/mol. The van der Waals surface area contributed by atoms with Crippen LogP contribution in [0.4, 0.5) is 0 Å². The molecule has 0 saturated heterocycles. The van der Waals surface area contributed by atoms with Crippen LogP contribution in [0.5, 0.6) is 5.75 Å². The van der Waals surface area contributed by atoms with Crippen molar-refractivity contribution in [2.45, 2.75) is 19.8 Å². The monoisotopic (exact) mass is 193 g/mol. The lowest BCUT2D eigenvalue weighted by molar-refractivity contribution is 0.213. The van der Waals surface area contributed by atoms with E-state index >= 15 is 0 Å². The Bertz CT molecular complexity index is 304. The van der Waals surface area contributed by atoms with Crippen LogP contribution in [0.25, 0.3) is 0 Å². The highest BCUT2D eigenvalue weighted by Gasteiger charge is 2.02. The Balaban J connectivity index is 2.88. The topological polar surface area (TPSA) is 41.8 Å². The zero-order chi connectivity index (χ0) is 10.4. The van der Waals surface area contributed by atoms with E-state index < -0.39 is 0 Å². The van der Waals surface area contributed by atoms with Crippen molar-refractivity contribution in [3.8, 4) is 5.75 Å². The first kappa shape index (κ1) is 10.6. The summed E-state index contributed by atoms with van der Waals surface area (Å²) in [5, 5.41) is 13.1. The minimum Gasteiger partial charge on any atom is -0.508 e. The molecule has 0 bridgehead atoms. The number of oxime groups is 1. The fraction of sp³-hybridized carbons (Fsp3) is 0.364. The van der Waals surface area contributed by atoms with Crippen LogP contribution in [0.3, 0.4) is 0 Å². The van der Waals surface area contributed by atoms with Gasteiger partial charge in [-0.1, -0.05) is 18.5 Å². The average molecular weight is 193 g/mol. The second-order valence-corrected chi connectivity index (χ2v) is 3.02. The van der Waals surface area contributed by atoms with E-state index in [0.717, 1.165) is 24.1 Å². The molecule has 0 aliphatic heterocycles. The molecule has 1 rings (SSSR count). The standard InChI is InChI=1S/C11H15NO2/c1-3-4-11(12-14-2)9-5-7-10(13)8-6-9/h5-8,13H,3-4H2,1-2H3/b12-11-. The molecular formula is C11H15NO2. The van der Waals surface area contributed by atoms with E-state index in [4.69, 9.17) is 9.94 Å². The van der Waals surface area contributed by atoms with Crippen LogP contribution >= 0.6 is 0 Å². The SMILES string of the molecule is CCC/C(=N/OC)c1ccc(O)cc1. The molecule has 0 heterocycles. The quantitative estimate of drug-likeness (QED) is 0.589. The van der Waals surface area contributed by atoms with E-state index in [1.807, 2.05) is 12.1 Å². The first-order valence-corrected chi connectivity index (χ1v) is 4.67. The molecule has 1 N–H and O–H groups in total. The molecule has 14 heavy (non-hydrogen) atoms. The van der Waals surface area contributed by atoms with Crippen LogP contribution in [0.1, 0.15) is 25.3 Å². The molecule has 1 aromatic rings. The smallest absolute Gasteiger partial charge is 0.115 e. The zero-order valence-electron chi connectivity index (χ0n) is 8.53. The molecule has 0 amide bonds. The molecule has 76 valence electrons. The molecule has 3 nitrogen and oxygen atoms in total. The summed E-state index contributed by atoms with van der Waals surface area (Å²) in [5.41, 5.74) is 1.90. The van der Waals surface area contributed by atoms with Gasteiger partial charge in [-0.3, -0.25) is 0 Å². The van der Waals surface area contributed by atoms with Gasteiger partial charge < -0.3 is 9.94 Å². The first-order chi connectivity index (χ1) is 6.77. The van der Waals surface area contributed by atoms with E-state index in [2.05, 4.69) is 12.1 Å². The van der Waals surface area contributed by atoms with E-state index in [-0.39, 0.29) is 5.75 Å². The Morgan fingerprint density at radius 1 is 1.36 bits per heavy atom. The normalized spacial score (nSPS) is 11.4. The minimum atomic E-state index is 0.266.